The SMILES string of the molecule is COc1ccc(N(Cc2cc3ccc(OC)cc3[nH]c2=O)C(=O)c2ccncc2)cc1. The Kier molecular flexibility index (Phi) is 5.66. The van der Waals surface area contributed by atoms with Gasteiger partial charge in [-0.3, -0.25) is 14.6 Å². The number of pyridine rings is 2. The molecule has 0 radical (unpaired) electrons. The van der Waals surface area contributed by atoms with Gasteiger partial charge in [-0.15, -0.1) is 0 Å². The molecule has 0 unspecified atom stereocenters. The molecule has 1 N–H and O–H groups in total. The molecule has 156 valence electrons. The summed E-state index contributed by atoms with van der Waals surface area (Å²) in [6.07, 6.45) is 3.13. The molecule has 0 atom stereocenters. The number of carbonyl (C=O) groups excluding carboxylic acids is 1. The van der Waals surface area contributed by atoms with Crippen molar-refractivity contribution >= 4 is 22.5 Å². The number of amides is 1. The third-order valence-corrected chi connectivity index (χ3v) is 5.02. The first kappa shape index (κ1) is 20.2. The number of hydrogen-bond acceptors (Lipinski definition) is 5. The number of nitrogens with one attached hydrogen (secondary N) is 1. The summed E-state index contributed by atoms with van der Waals surface area (Å²) in [5.41, 5.74) is 2.01. The molecule has 0 saturated carbocycles. The molecule has 0 aliphatic carbocycles. The number of ether oxygens (including phenoxy) is 2. The lowest BCUT2D eigenvalue weighted by Gasteiger charge is -2.23. The third-order valence-electron chi connectivity index (χ3n) is 5.02. The van der Waals surface area contributed by atoms with Gasteiger partial charge in [-0.25, -0.2) is 0 Å². The third kappa shape index (κ3) is 4.25. The zero-order valence-electron chi connectivity index (χ0n) is 17.2. The van der Waals surface area contributed by atoms with Crippen LogP contribution in [0.3, 0.4) is 0 Å². The summed E-state index contributed by atoms with van der Waals surface area (Å²) in [4.78, 5) is 34.5. The molecule has 2 aromatic carbocycles. The lowest BCUT2D eigenvalue weighted by molar-refractivity contribution is 0.0985. The van der Waals surface area contributed by atoms with Crippen LogP contribution in [0.1, 0.15) is 15.9 Å². The summed E-state index contributed by atoms with van der Waals surface area (Å²) in [6.45, 7) is 0.102. The number of H-pyrrole nitrogens is 1. The van der Waals surface area contributed by atoms with Crippen molar-refractivity contribution in [3.63, 3.8) is 0 Å². The molecule has 4 aromatic rings. The van der Waals surface area contributed by atoms with E-state index in [4.69, 9.17) is 9.47 Å². The van der Waals surface area contributed by atoms with Gasteiger partial charge in [-0.05, 0) is 60.0 Å². The second-order valence-electron chi connectivity index (χ2n) is 6.90. The van der Waals surface area contributed by atoms with Gasteiger partial charge in [0.2, 0.25) is 0 Å². The molecule has 1 amide bonds. The van der Waals surface area contributed by atoms with Gasteiger partial charge in [0.25, 0.3) is 11.5 Å². The summed E-state index contributed by atoms with van der Waals surface area (Å²) in [6, 6.07) is 17.7. The molecule has 7 heteroatoms. The highest BCUT2D eigenvalue weighted by Crippen LogP contribution is 2.24. The van der Waals surface area contributed by atoms with Gasteiger partial charge in [0.15, 0.2) is 0 Å². The first-order valence-corrected chi connectivity index (χ1v) is 9.65. The summed E-state index contributed by atoms with van der Waals surface area (Å²) >= 11 is 0. The Bertz CT molecular complexity index is 1270. The molecule has 0 saturated heterocycles. The minimum atomic E-state index is -0.262. The van der Waals surface area contributed by atoms with Crippen molar-refractivity contribution in [1.82, 2.24) is 9.97 Å². The number of methoxy groups -OCH3 is 2. The van der Waals surface area contributed by atoms with Gasteiger partial charge in [0, 0.05) is 35.3 Å². The van der Waals surface area contributed by atoms with E-state index in [1.54, 1.807) is 80.0 Å². The number of aromatic amines is 1. The number of fused-ring (bicyclic) bond motifs is 1. The van der Waals surface area contributed by atoms with E-state index in [0.717, 1.165) is 5.39 Å². The highest BCUT2D eigenvalue weighted by molar-refractivity contribution is 6.06. The monoisotopic (exact) mass is 415 g/mol. The Morgan fingerprint density at radius 1 is 0.935 bits per heavy atom. The molecular weight excluding hydrogens is 394 g/mol. The lowest BCUT2D eigenvalue weighted by atomic mass is 10.1. The molecule has 0 aliphatic heterocycles. The van der Waals surface area contributed by atoms with Gasteiger partial charge in [-0.1, -0.05) is 0 Å². The molecule has 0 aliphatic rings. The number of aromatic nitrogens is 2. The van der Waals surface area contributed by atoms with Crippen LogP contribution in [0.25, 0.3) is 10.9 Å². The molecule has 31 heavy (non-hydrogen) atoms. The average Bonchev–Trinajstić information content (AvgIpc) is 2.82. The minimum Gasteiger partial charge on any atom is -0.497 e. The van der Waals surface area contributed by atoms with Crippen LogP contribution in [0.2, 0.25) is 0 Å². The zero-order chi connectivity index (χ0) is 21.8. The van der Waals surface area contributed by atoms with Crippen LogP contribution >= 0.6 is 0 Å². The molecule has 0 spiro atoms. The molecule has 2 heterocycles. The number of nitrogens with zero attached hydrogens (tertiary/aromatic N) is 2. The fourth-order valence-electron chi connectivity index (χ4n) is 3.33. The topological polar surface area (TPSA) is 84.5 Å². The van der Waals surface area contributed by atoms with E-state index >= 15 is 0 Å². The van der Waals surface area contributed by atoms with Crippen LogP contribution in [0.5, 0.6) is 11.5 Å². The number of benzene rings is 2. The van der Waals surface area contributed by atoms with Gasteiger partial charge in [0.1, 0.15) is 11.5 Å². The minimum absolute atomic E-state index is 0.102. The van der Waals surface area contributed by atoms with Crippen molar-refractivity contribution < 1.29 is 14.3 Å². The highest BCUT2D eigenvalue weighted by atomic mass is 16.5. The van der Waals surface area contributed by atoms with Crippen molar-refractivity contribution in [2.24, 2.45) is 0 Å². The van der Waals surface area contributed by atoms with E-state index < -0.39 is 0 Å². The standard InChI is InChI=1S/C24H21N3O4/c1-30-20-7-4-19(5-8-20)27(24(29)16-9-11-25-12-10-16)15-18-13-17-3-6-21(31-2)14-22(17)26-23(18)28/h3-14H,15H2,1-2H3,(H,26,28). The van der Waals surface area contributed by atoms with Crippen LogP contribution in [0.15, 0.2) is 77.9 Å². The predicted molar refractivity (Wildman–Crippen MR) is 119 cm³/mol. The van der Waals surface area contributed by atoms with Crippen molar-refractivity contribution in [2.75, 3.05) is 19.1 Å². The fourth-order valence-corrected chi connectivity index (χ4v) is 3.33. The number of rotatable bonds is 6. The van der Waals surface area contributed by atoms with E-state index in [9.17, 15) is 9.59 Å². The summed E-state index contributed by atoms with van der Waals surface area (Å²) in [5, 5.41) is 0.849. The Hall–Kier alpha value is -4.13. The molecular formula is C24H21N3O4. The van der Waals surface area contributed by atoms with Crippen LogP contribution in [0, 0.1) is 0 Å². The normalized spacial score (nSPS) is 10.6. The smallest absolute Gasteiger partial charge is 0.258 e. The van der Waals surface area contributed by atoms with E-state index in [1.807, 2.05) is 12.1 Å². The molecule has 0 bridgehead atoms. The quantitative estimate of drug-likeness (QED) is 0.518. The maximum absolute atomic E-state index is 13.3. The Morgan fingerprint density at radius 2 is 1.61 bits per heavy atom. The number of carbonyl (C=O) groups is 1. The summed E-state index contributed by atoms with van der Waals surface area (Å²) < 4.78 is 10.4. The van der Waals surface area contributed by atoms with Gasteiger partial charge < -0.3 is 19.4 Å². The van der Waals surface area contributed by atoms with E-state index in [2.05, 4.69) is 9.97 Å². The van der Waals surface area contributed by atoms with Crippen molar-refractivity contribution in [3.8, 4) is 11.5 Å². The maximum Gasteiger partial charge on any atom is 0.258 e. The molecule has 2 aromatic heterocycles. The number of hydrogen-bond donors (Lipinski definition) is 1. The van der Waals surface area contributed by atoms with Crippen molar-refractivity contribution in [1.29, 1.82) is 0 Å². The van der Waals surface area contributed by atoms with Gasteiger partial charge in [-0.2, -0.15) is 0 Å². The summed E-state index contributed by atoms with van der Waals surface area (Å²) in [7, 11) is 3.16. The summed E-state index contributed by atoms with van der Waals surface area (Å²) in [5.74, 6) is 1.10. The Morgan fingerprint density at radius 3 is 2.29 bits per heavy atom. The van der Waals surface area contributed by atoms with E-state index in [1.165, 1.54) is 0 Å². The molecule has 7 nitrogen and oxygen atoms in total. The van der Waals surface area contributed by atoms with Crippen molar-refractivity contribution in [3.05, 3.63) is 94.5 Å². The van der Waals surface area contributed by atoms with Gasteiger partial charge >= 0.3 is 0 Å². The molecule has 4 rings (SSSR count). The van der Waals surface area contributed by atoms with Crippen LogP contribution in [-0.4, -0.2) is 30.1 Å². The highest BCUT2D eigenvalue weighted by Gasteiger charge is 2.20. The second kappa shape index (κ2) is 8.71. The average molecular weight is 415 g/mol. The predicted octanol–water partition coefficient (Wildman–Crippen LogP) is 3.79. The lowest BCUT2D eigenvalue weighted by Crippen LogP contribution is -2.32. The van der Waals surface area contributed by atoms with Gasteiger partial charge in [0.05, 0.1) is 26.3 Å². The fraction of sp³-hybridized carbons (Fsp3) is 0.125. The largest absolute Gasteiger partial charge is 0.497 e. The van der Waals surface area contributed by atoms with E-state index in [0.29, 0.717) is 33.8 Å². The Labute approximate surface area is 178 Å². The second-order valence-corrected chi connectivity index (χ2v) is 6.90. The zero-order valence-corrected chi connectivity index (χ0v) is 17.2. The van der Waals surface area contributed by atoms with Crippen LogP contribution < -0.4 is 19.9 Å². The first-order valence-electron chi connectivity index (χ1n) is 9.65. The van der Waals surface area contributed by atoms with Crippen LogP contribution in [0.4, 0.5) is 5.69 Å². The first-order chi connectivity index (χ1) is 15.1. The Balaban J connectivity index is 1.75. The van der Waals surface area contributed by atoms with Crippen molar-refractivity contribution in [2.45, 2.75) is 6.54 Å². The van der Waals surface area contributed by atoms with Crippen LogP contribution in [-0.2, 0) is 6.54 Å². The number of anilines is 1. The van der Waals surface area contributed by atoms with E-state index in [-0.39, 0.29) is 18.0 Å². The molecule has 0 fully saturated rings. The maximum atomic E-state index is 13.3.